The summed E-state index contributed by atoms with van der Waals surface area (Å²) < 4.78 is 6.40. The largest absolute Gasteiger partial charge is 0.494 e. The van der Waals surface area contributed by atoms with Gasteiger partial charge in [-0.25, -0.2) is 0 Å². The van der Waals surface area contributed by atoms with Crippen molar-refractivity contribution in [2.45, 2.75) is 6.42 Å². The molecule has 2 heteroatoms. The minimum atomic E-state index is 0.682. The lowest BCUT2D eigenvalue weighted by molar-refractivity contribution is 0.324. The van der Waals surface area contributed by atoms with Gasteiger partial charge < -0.3 is 4.74 Å². The van der Waals surface area contributed by atoms with Crippen LogP contribution in [0.5, 0.6) is 5.75 Å². The van der Waals surface area contributed by atoms with Gasteiger partial charge in [0.1, 0.15) is 5.75 Å². The summed E-state index contributed by atoms with van der Waals surface area (Å²) in [6.45, 7) is 4.37. The Morgan fingerprint density at radius 2 is 1.91 bits per heavy atom. The molecule has 0 saturated carbocycles. The average molecular weight is 214 g/mol. The first-order valence-corrected chi connectivity index (χ1v) is 4.30. The zero-order chi connectivity index (χ0) is 8.10. The van der Waals surface area contributed by atoms with Crippen LogP contribution in [0.15, 0.2) is 28.7 Å². The molecular formula is C9H10BrO. The van der Waals surface area contributed by atoms with E-state index in [9.17, 15) is 0 Å². The molecule has 11 heavy (non-hydrogen) atoms. The summed E-state index contributed by atoms with van der Waals surface area (Å²) in [7, 11) is 0. The summed E-state index contributed by atoms with van der Waals surface area (Å²) >= 11 is 3.35. The minimum Gasteiger partial charge on any atom is -0.494 e. The van der Waals surface area contributed by atoms with E-state index in [0.29, 0.717) is 6.61 Å². The van der Waals surface area contributed by atoms with Gasteiger partial charge in [-0.2, -0.15) is 0 Å². The lowest BCUT2D eigenvalue weighted by Gasteiger charge is -2.02. The Bertz CT molecular complexity index is 205. The summed E-state index contributed by atoms with van der Waals surface area (Å²) in [6.07, 6.45) is 0.802. The molecule has 0 aliphatic carbocycles. The smallest absolute Gasteiger partial charge is 0.119 e. The fourth-order valence-electron chi connectivity index (χ4n) is 0.721. The van der Waals surface area contributed by atoms with Crippen molar-refractivity contribution in [3.05, 3.63) is 35.7 Å². The second kappa shape index (κ2) is 4.39. The maximum Gasteiger partial charge on any atom is 0.119 e. The number of benzene rings is 1. The maximum absolute atomic E-state index is 5.33. The standard InChI is InChI=1S/C9H10BrO/c1-2-7-11-9-5-3-8(10)4-6-9/h3-6H,1-2,7H2. The first kappa shape index (κ1) is 8.60. The van der Waals surface area contributed by atoms with Crippen LogP contribution in [0.3, 0.4) is 0 Å². The molecule has 1 rings (SSSR count). The van der Waals surface area contributed by atoms with E-state index in [-0.39, 0.29) is 0 Å². The zero-order valence-corrected chi connectivity index (χ0v) is 7.80. The molecule has 59 valence electrons. The van der Waals surface area contributed by atoms with Gasteiger partial charge in [-0.1, -0.05) is 15.9 Å². The second-order valence-corrected chi connectivity index (χ2v) is 3.07. The molecule has 1 nitrogen and oxygen atoms in total. The average Bonchev–Trinajstić information content (AvgIpc) is 2.04. The highest BCUT2D eigenvalue weighted by atomic mass is 79.9. The van der Waals surface area contributed by atoms with Crippen molar-refractivity contribution in [2.75, 3.05) is 6.61 Å². The summed E-state index contributed by atoms with van der Waals surface area (Å²) in [5.41, 5.74) is 0. The normalized spacial score (nSPS) is 9.64. The summed E-state index contributed by atoms with van der Waals surface area (Å²) in [5.74, 6) is 0.900. The van der Waals surface area contributed by atoms with Crippen LogP contribution < -0.4 is 4.74 Å². The summed E-state index contributed by atoms with van der Waals surface area (Å²) in [5, 5.41) is 0. The van der Waals surface area contributed by atoms with Crippen molar-refractivity contribution in [3.63, 3.8) is 0 Å². The van der Waals surface area contributed by atoms with Gasteiger partial charge in [-0.05, 0) is 37.6 Å². The number of hydrogen-bond donors (Lipinski definition) is 0. The van der Waals surface area contributed by atoms with Crippen LogP contribution in [-0.4, -0.2) is 6.61 Å². The number of hydrogen-bond acceptors (Lipinski definition) is 1. The predicted octanol–water partition coefficient (Wildman–Crippen LogP) is 3.05. The molecule has 1 aromatic carbocycles. The van der Waals surface area contributed by atoms with Gasteiger partial charge in [0, 0.05) is 4.47 Å². The molecule has 0 aliphatic heterocycles. The number of halogens is 1. The predicted molar refractivity (Wildman–Crippen MR) is 49.6 cm³/mol. The molecule has 0 N–H and O–H groups in total. The Balaban J connectivity index is 2.52. The topological polar surface area (TPSA) is 9.23 Å². The highest BCUT2D eigenvalue weighted by molar-refractivity contribution is 9.10. The fraction of sp³-hybridized carbons (Fsp3) is 0.222. The lowest BCUT2D eigenvalue weighted by atomic mass is 10.3. The quantitative estimate of drug-likeness (QED) is 0.751. The van der Waals surface area contributed by atoms with Gasteiger partial charge in [0.25, 0.3) is 0 Å². The molecule has 0 heterocycles. The third-order valence-electron chi connectivity index (χ3n) is 1.23. The number of ether oxygens (including phenoxy) is 1. The molecule has 0 aromatic heterocycles. The van der Waals surface area contributed by atoms with E-state index in [1.54, 1.807) is 0 Å². The van der Waals surface area contributed by atoms with E-state index in [1.807, 2.05) is 24.3 Å². The fourth-order valence-corrected chi connectivity index (χ4v) is 0.985. The Kier molecular flexibility index (Phi) is 3.43. The van der Waals surface area contributed by atoms with Crippen LogP contribution in [0.4, 0.5) is 0 Å². The third kappa shape index (κ3) is 2.93. The van der Waals surface area contributed by atoms with Gasteiger partial charge in [0.05, 0.1) is 6.61 Å². The maximum atomic E-state index is 5.33. The molecule has 0 saturated heterocycles. The van der Waals surface area contributed by atoms with Gasteiger partial charge >= 0.3 is 0 Å². The van der Waals surface area contributed by atoms with Crippen LogP contribution in [0.1, 0.15) is 6.42 Å². The second-order valence-electron chi connectivity index (χ2n) is 2.16. The SMILES string of the molecule is [CH2]CCOc1ccc(Br)cc1. The van der Waals surface area contributed by atoms with Crippen LogP contribution in [-0.2, 0) is 0 Å². The lowest BCUT2D eigenvalue weighted by Crippen LogP contribution is -1.93. The molecule has 0 spiro atoms. The first-order valence-electron chi connectivity index (χ1n) is 3.50. The molecule has 0 atom stereocenters. The Labute approximate surface area is 75.5 Å². The van der Waals surface area contributed by atoms with E-state index in [0.717, 1.165) is 16.6 Å². The highest BCUT2D eigenvalue weighted by Crippen LogP contribution is 2.15. The molecule has 0 amide bonds. The molecular weight excluding hydrogens is 204 g/mol. The van der Waals surface area contributed by atoms with E-state index < -0.39 is 0 Å². The van der Waals surface area contributed by atoms with Crippen LogP contribution in [0.2, 0.25) is 0 Å². The van der Waals surface area contributed by atoms with E-state index in [4.69, 9.17) is 4.74 Å². The first-order chi connectivity index (χ1) is 5.33. The molecule has 1 aromatic rings. The molecule has 0 bridgehead atoms. The van der Waals surface area contributed by atoms with E-state index >= 15 is 0 Å². The molecule has 0 aliphatic rings. The molecule has 0 unspecified atom stereocenters. The van der Waals surface area contributed by atoms with Crippen LogP contribution in [0.25, 0.3) is 0 Å². The van der Waals surface area contributed by atoms with Gasteiger partial charge in [0.15, 0.2) is 0 Å². The zero-order valence-electron chi connectivity index (χ0n) is 6.22. The van der Waals surface area contributed by atoms with Crippen LogP contribution >= 0.6 is 15.9 Å². The van der Waals surface area contributed by atoms with Crippen molar-refractivity contribution < 1.29 is 4.74 Å². The van der Waals surface area contributed by atoms with Crippen LogP contribution in [0, 0.1) is 6.92 Å². The van der Waals surface area contributed by atoms with E-state index in [1.165, 1.54) is 0 Å². The van der Waals surface area contributed by atoms with Crippen molar-refractivity contribution in [3.8, 4) is 5.75 Å². The number of rotatable bonds is 3. The van der Waals surface area contributed by atoms with Gasteiger partial charge in [0.2, 0.25) is 0 Å². The molecule has 0 fully saturated rings. The van der Waals surface area contributed by atoms with Gasteiger partial charge in [-0.3, -0.25) is 0 Å². The Hall–Kier alpha value is -0.500. The van der Waals surface area contributed by atoms with Crippen molar-refractivity contribution >= 4 is 15.9 Å². The van der Waals surface area contributed by atoms with Crippen molar-refractivity contribution in [2.24, 2.45) is 0 Å². The highest BCUT2D eigenvalue weighted by Gasteiger charge is 1.90. The monoisotopic (exact) mass is 213 g/mol. The summed E-state index contributed by atoms with van der Waals surface area (Å²) in [4.78, 5) is 0. The van der Waals surface area contributed by atoms with Gasteiger partial charge in [-0.15, -0.1) is 0 Å². The Morgan fingerprint density at radius 1 is 1.27 bits per heavy atom. The summed E-state index contributed by atoms with van der Waals surface area (Å²) in [6, 6.07) is 7.77. The Morgan fingerprint density at radius 3 is 2.45 bits per heavy atom. The molecule has 1 radical (unpaired) electrons. The van der Waals surface area contributed by atoms with Crippen molar-refractivity contribution in [1.29, 1.82) is 0 Å². The minimum absolute atomic E-state index is 0.682. The van der Waals surface area contributed by atoms with Crippen molar-refractivity contribution in [1.82, 2.24) is 0 Å². The van der Waals surface area contributed by atoms with E-state index in [2.05, 4.69) is 22.9 Å². The third-order valence-corrected chi connectivity index (χ3v) is 1.76.